The van der Waals surface area contributed by atoms with Crippen LogP contribution in [0.25, 0.3) is 0 Å². The van der Waals surface area contributed by atoms with Crippen molar-refractivity contribution in [3.8, 4) is 0 Å². The molecule has 1 aliphatic heterocycles. The van der Waals surface area contributed by atoms with Crippen molar-refractivity contribution in [1.82, 2.24) is 0 Å². The summed E-state index contributed by atoms with van der Waals surface area (Å²) in [5.41, 5.74) is 1.34. The lowest BCUT2D eigenvalue weighted by molar-refractivity contribution is -0.0932. The second-order valence-electron chi connectivity index (χ2n) is 4.37. The molecule has 0 spiro atoms. The van der Waals surface area contributed by atoms with Crippen molar-refractivity contribution in [1.29, 1.82) is 0 Å². The minimum Gasteiger partial charge on any atom is -0.368 e. The van der Waals surface area contributed by atoms with Gasteiger partial charge in [-0.3, -0.25) is 0 Å². The van der Waals surface area contributed by atoms with E-state index in [1.807, 2.05) is 6.07 Å². The molecule has 1 fully saturated rings. The Kier molecular flexibility index (Phi) is 3.39. The molecule has 1 aliphatic rings. The Labute approximate surface area is 90.9 Å². The van der Waals surface area contributed by atoms with Crippen molar-refractivity contribution in [2.45, 2.75) is 38.6 Å². The summed E-state index contributed by atoms with van der Waals surface area (Å²) >= 11 is 0. The minimum atomic E-state index is -0.541. The molecule has 0 aromatic heterocycles. The average molecular weight is 206 g/mol. The SMILES string of the molecule is C[C@H]1CC(O)O[C@@H]1CCc1ccccc1. The first-order valence-corrected chi connectivity index (χ1v) is 5.63. The fraction of sp³-hybridized carbons (Fsp3) is 0.538. The van der Waals surface area contributed by atoms with Crippen LogP contribution in [-0.4, -0.2) is 17.5 Å². The first-order valence-electron chi connectivity index (χ1n) is 5.63. The van der Waals surface area contributed by atoms with Gasteiger partial charge < -0.3 is 9.84 Å². The Balaban J connectivity index is 1.84. The van der Waals surface area contributed by atoms with Gasteiger partial charge in [0.2, 0.25) is 0 Å². The van der Waals surface area contributed by atoms with E-state index in [-0.39, 0.29) is 6.10 Å². The van der Waals surface area contributed by atoms with Crippen molar-refractivity contribution in [3.05, 3.63) is 35.9 Å². The lowest BCUT2D eigenvalue weighted by atomic mass is 9.97. The molecule has 0 saturated carbocycles. The summed E-state index contributed by atoms with van der Waals surface area (Å²) < 4.78 is 5.45. The average Bonchev–Trinajstić information content (AvgIpc) is 2.56. The molecule has 2 heteroatoms. The predicted molar refractivity (Wildman–Crippen MR) is 59.4 cm³/mol. The molecule has 0 amide bonds. The largest absolute Gasteiger partial charge is 0.368 e. The first kappa shape index (κ1) is 10.7. The van der Waals surface area contributed by atoms with E-state index < -0.39 is 6.29 Å². The Morgan fingerprint density at radius 1 is 1.33 bits per heavy atom. The van der Waals surface area contributed by atoms with Crippen molar-refractivity contribution >= 4 is 0 Å². The zero-order valence-electron chi connectivity index (χ0n) is 9.10. The molecule has 15 heavy (non-hydrogen) atoms. The molecule has 1 heterocycles. The highest BCUT2D eigenvalue weighted by molar-refractivity contribution is 5.14. The number of aryl methyl sites for hydroxylation is 1. The van der Waals surface area contributed by atoms with Gasteiger partial charge in [0.25, 0.3) is 0 Å². The Morgan fingerprint density at radius 3 is 2.67 bits per heavy atom. The summed E-state index contributed by atoms with van der Waals surface area (Å²) in [6.07, 6.45) is 2.49. The van der Waals surface area contributed by atoms with Gasteiger partial charge in [-0.2, -0.15) is 0 Å². The maximum atomic E-state index is 9.34. The summed E-state index contributed by atoms with van der Waals surface area (Å²) in [7, 11) is 0. The molecule has 1 saturated heterocycles. The Hall–Kier alpha value is -0.860. The highest BCUT2D eigenvalue weighted by atomic mass is 16.6. The van der Waals surface area contributed by atoms with E-state index >= 15 is 0 Å². The third-order valence-electron chi connectivity index (χ3n) is 3.10. The van der Waals surface area contributed by atoms with E-state index in [1.165, 1.54) is 5.56 Å². The molecule has 1 unspecified atom stereocenters. The number of aliphatic hydroxyl groups is 1. The number of rotatable bonds is 3. The third kappa shape index (κ3) is 2.80. The summed E-state index contributed by atoms with van der Waals surface area (Å²) in [6.45, 7) is 2.14. The van der Waals surface area contributed by atoms with Crippen LogP contribution in [0.15, 0.2) is 30.3 Å². The molecule has 0 aliphatic carbocycles. The zero-order chi connectivity index (χ0) is 10.7. The van der Waals surface area contributed by atoms with Gasteiger partial charge in [0, 0.05) is 6.42 Å². The standard InChI is InChI=1S/C13H18O2/c1-10-9-13(14)15-12(10)8-7-11-5-3-2-4-6-11/h2-6,10,12-14H,7-9H2,1H3/t10-,12+,13?/m0/s1. The number of ether oxygens (including phenoxy) is 1. The lowest BCUT2D eigenvalue weighted by Gasteiger charge is -2.14. The monoisotopic (exact) mass is 206 g/mol. The van der Waals surface area contributed by atoms with E-state index in [2.05, 4.69) is 31.2 Å². The minimum absolute atomic E-state index is 0.222. The normalized spacial score (nSPS) is 30.7. The van der Waals surface area contributed by atoms with Crippen molar-refractivity contribution in [2.75, 3.05) is 0 Å². The van der Waals surface area contributed by atoms with Crippen LogP contribution in [-0.2, 0) is 11.2 Å². The molecular weight excluding hydrogens is 188 g/mol. The first-order chi connectivity index (χ1) is 7.25. The van der Waals surface area contributed by atoms with Crippen LogP contribution in [0.2, 0.25) is 0 Å². The van der Waals surface area contributed by atoms with E-state index in [0.717, 1.165) is 19.3 Å². The second kappa shape index (κ2) is 4.77. The maximum absolute atomic E-state index is 9.34. The molecular formula is C13H18O2. The van der Waals surface area contributed by atoms with Crippen LogP contribution in [0.4, 0.5) is 0 Å². The lowest BCUT2D eigenvalue weighted by Crippen LogP contribution is -2.15. The molecule has 1 N–H and O–H groups in total. The van der Waals surface area contributed by atoms with E-state index in [9.17, 15) is 5.11 Å². The quantitative estimate of drug-likeness (QED) is 0.822. The third-order valence-corrected chi connectivity index (χ3v) is 3.10. The van der Waals surface area contributed by atoms with Crippen LogP contribution >= 0.6 is 0 Å². The van der Waals surface area contributed by atoms with Gasteiger partial charge in [0.15, 0.2) is 6.29 Å². The zero-order valence-corrected chi connectivity index (χ0v) is 9.10. The van der Waals surface area contributed by atoms with Crippen LogP contribution < -0.4 is 0 Å². The van der Waals surface area contributed by atoms with Gasteiger partial charge in [0.1, 0.15) is 0 Å². The van der Waals surface area contributed by atoms with Crippen molar-refractivity contribution < 1.29 is 9.84 Å². The van der Waals surface area contributed by atoms with Crippen LogP contribution in [0.3, 0.4) is 0 Å². The summed E-state index contributed by atoms with van der Waals surface area (Å²) in [5.74, 6) is 0.476. The number of hydrogen-bond acceptors (Lipinski definition) is 2. The van der Waals surface area contributed by atoms with Gasteiger partial charge >= 0.3 is 0 Å². The highest BCUT2D eigenvalue weighted by Crippen LogP contribution is 2.27. The second-order valence-corrected chi connectivity index (χ2v) is 4.37. The van der Waals surface area contributed by atoms with Crippen LogP contribution in [0.5, 0.6) is 0 Å². The number of aliphatic hydroxyl groups excluding tert-OH is 1. The molecule has 3 atom stereocenters. The van der Waals surface area contributed by atoms with Crippen LogP contribution in [0.1, 0.15) is 25.3 Å². The summed E-state index contributed by atoms with van der Waals surface area (Å²) in [6, 6.07) is 10.4. The fourth-order valence-corrected chi connectivity index (χ4v) is 2.17. The molecule has 2 rings (SSSR count). The fourth-order valence-electron chi connectivity index (χ4n) is 2.17. The number of hydrogen-bond donors (Lipinski definition) is 1. The molecule has 1 aromatic carbocycles. The van der Waals surface area contributed by atoms with Crippen molar-refractivity contribution in [2.24, 2.45) is 5.92 Å². The topological polar surface area (TPSA) is 29.5 Å². The molecule has 1 aromatic rings. The number of benzene rings is 1. The Bertz CT molecular complexity index is 297. The highest BCUT2D eigenvalue weighted by Gasteiger charge is 2.30. The van der Waals surface area contributed by atoms with E-state index in [1.54, 1.807) is 0 Å². The molecule has 82 valence electrons. The van der Waals surface area contributed by atoms with E-state index in [4.69, 9.17) is 4.74 Å². The Morgan fingerprint density at radius 2 is 2.07 bits per heavy atom. The maximum Gasteiger partial charge on any atom is 0.155 e. The smallest absolute Gasteiger partial charge is 0.155 e. The van der Waals surface area contributed by atoms with Gasteiger partial charge in [0.05, 0.1) is 6.10 Å². The molecule has 0 radical (unpaired) electrons. The summed E-state index contributed by atoms with van der Waals surface area (Å²) in [4.78, 5) is 0. The van der Waals surface area contributed by atoms with Crippen molar-refractivity contribution in [3.63, 3.8) is 0 Å². The van der Waals surface area contributed by atoms with Gasteiger partial charge in [-0.1, -0.05) is 37.3 Å². The van der Waals surface area contributed by atoms with Gasteiger partial charge in [-0.25, -0.2) is 0 Å². The molecule has 0 bridgehead atoms. The van der Waals surface area contributed by atoms with Gasteiger partial charge in [-0.15, -0.1) is 0 Å². The predicted octanol–water partition coefficient (Wildman–Crippen LogP) is 2.36. The summed E-state index contributed by atoms with van der Waals surface area (Å²) in [5, 5.41) is 9.34. The van der Waals surface area contributed by atoms with E-state index in [0.29, 0.717) is 5.92 Å². The van der Waals surface area contributed by atoms with Gasteiger partial charge in [-0.05, 0) is 24.3 Å². The van der Waals surface area contributed by atoms with Crippen LogP contribution in [0, 0.1) is 5.92 Å². The molecule has 2 nitrogen and oxygen atoms in total.